The van der Waals surface area contributed by atoms with Crippen LogP contribution in [0.5, 0.6) is 0 Å². The molecule has 1 fully saturated rings. The molecule has 1 aliphatic heterocycles. The van der Waals surface area contributed by atoms with E-state index in [0.717, 1.165) is 0 Å². The van der Waals surface area contributed by atoms with Gasteiger partial charge in [0.1, 0.15) is 0 Å². The van der Waals surface area contributed by atoms with Crippen molar-refractivity contribution in [2.45, 2.75) is 19.1 Å². The molecule has 0 aliphatic carbocycles. The molecule has 2 nitrogen and oxygen atoms in total. The van der Waals surface area contributed by atoms with Crippen LogP contribution in [0.2, 0.25) is 0 Å². The van der Waals surface area contributed by atoms with Crippen molar-refractivity contribution in [3.63, 3.8) is 0 Å². The lowest BCUT2D eigenvalue weighted by Gasteiger charge is -1.82. The van der Waals surface area contributed by atoms with E-state index in [0.29, 0.717) is 10.4 Å². The van der Waals surface area contributed by atoms with Gasteiger partial charge < -0.3 is 0 Å². The van der Waals surface area contributed by atoms with Crippen LogP contribution in [0.15, 0.2) is 24.5 Å². The number of carbonyl (C=O) groups is 1. The van der Waals surface area contributed by atoms with E-state index >= 15 is 0 Å². The molecular formula is C9H11NOS. The Morgan fingerprint density at radius 2 is 2.17 bits per heavy atom. The van der Waals surface area contributed by atoms with Crippen molar-refractivity contribution < 1.29 is 4.79 Å². The van der Waals surface area contributed by atoms with Crippen LogP contribution in [0.1, 0.15) is 12.5 Å². The summed E-state index contributed by atoms with van der Waals surface area (Å²) in [4.78, 5) is 13.7. The molecule has 0 saturated carbocycles. The number of carbonyl (C=O) groups excluding carboxylic acids is 1. The molecule has 0 N–H and O–H groups in total. The molecule has 12 heavy (non-hydrogen) atoms. The molecule has 1 aromatic heterocycles. The molecule has 0 radical (unpaired) electrons. The lowest BCUT2D eigenvalue weighted by molar-refractivity contribution is -0.107. The maximum Gasteiger partial charge on any atom is 0.202 e. The Labute approximate surface area is 76.4 Å². The summed E-state index contributed by atoms with van der Waals surface area (Å²) in [6.45, 7) is 3.93. The second kappa shape index (κ2) is 4.26. The normalized spacial score (nSPS) is 19.5. The van der Waals surface area contributed by atoms with Gasteiger partial charge in [-0.3, -0.25) is 9.78 Å². The maximum atomic E-state index is 9.85. The molecule has 0 spiro atoms. The van der Waals surface area contributed by atoms with Crippen molar-refractivity contribution in [3.8, 4) is 0 Å². The first-order valence-corrected chi connectivity index (χ1v) is 4.65. The fourth-order valence-electron chi connectivity index (χ4n) is 0.588. The number of aromatic nitrogens is 1. The molecule has 1 saturated heterocycles. The summed E-state index contributed by atoms with van der Waals surface area (Å²) in [5, 5.41) is 0.667. The molecule has 1 atom stereocenters. The summed E-state index contributed by atoms with van der Waals surface area (Å²) >= 11 is 1.41. The number of rotatable bonds is 0. The molecule has 1 aromatic rings. The first-order chi connectivity index (χ1) is 5.70. The maximum absolute atomic E-state index is 9.85. The van der Waals surface area contributed by atoms with Crippen molar-refractivity contribution in [1.29, 1.82) is 0 Å². The summed E-state index contributed by atoms with van der Waals surface area (Å²) in [5.74, 6) is 0. The van der Waals surface area contributed by atoms with E-state index in [4.69, 9.17) is 0 Å². The highest BCUT2D eigenvalue weighted by Gasteiger charge is 2.30. The van der Waals surface area contributed by atoms with Gasteiger partial charge in [0.05, 0.1) is 5.25 Å². The quantitative estimate of drug-likeness (QED) is 0.574. The first-order valence-electron chi connectivity index (χ1n) is 3.77. The molecule has 2 rings (SSSR count). The summed E-state index contributed by atoms with van der Waals surface area (Å²) < 4.78 is 0. The Balaban J connectivity index is 0.000000127. The number of thioether (sulfide) groups is 1. The van der Waals surface area contributed by atoms with Crippen molar-refractivity contribution in [3.05, 3.63) is 30.1 Å². The van der Waals surface area contributed by atoms with Crippen LogP contribution >= 0.6 is 11.8 Å². The van der Waals surface area contributed by atoms with E-state index in [1.54, 1.807) is 6.20 Å². The van der Waals surface area contributed by atoms with Gasteiger partial charge in [0, 0.05) is 12.4 Å². The fraction of sp³-hybridized carbons (Fsp3) is 0.333. The van der Waals surface area contributed by atoms with E-state index in [2.05, 4.69) is 4.98 Å². The van der Waals surface area contributed by atoms with Gasteiger partial charge in [-0.25, -0.2) is 0 Å². The third-order valence-electron chi connectivity index (χ3n) is 1.38. The first kappa shape index (κ1) is 9.26. The summed E-state index contributed by atoms with van der Waals surface area (Å²) in [6, 6.07) is 3.95. The van der Waals surface area contributed by atoms with Gasteiger partial charge in [-0.2, -0.15) is 0 Å². The Hall–Kier alpha value is -0.830. The minimum Gasteiger partial charge on any atom is -0.286 e. The molecule has 1 aliphatic rings. The molecule has 64 valence electrons. The van der Waals surface area contributed by atoms with Crippen LogP contribution in [0.3, 0.4) is 0 Å². The number of aryl methyl sites for hydroxylation is 1. The number of nitrogens with zero attached hydrogens (tertiary/aromatic N) is 1. The zero-order chi connectivity index (χ0) is 8.97. The Kier molecular flexibility index (Phi) is 3.29. The molecule has 2 heterocycles. The van der Waals surface area contributed by atoms with Gasteiger partial charge in [-0.1, -0.05) is 17.8 Å². The monoisotopic (exact) mass is 181 g/mol. The largest absolute Gasteiger partial charge is 0.286 e. The number of hydrogen-bond donors (Lipinski definition) is 0. The van der Waals surface area contributed by atoms with Crippen molar-refractivity contribution >= 4 is 16.9 Å². The summed E-state index contributed by atoms with van der Waals surface area (Å²) in [6.07, 6.45) is 3.60. The van der Waals surface area contributed by atoms with Crippen molar-refractivity contribution in [2.24, 2.45) is 0 Å². The van der Waals surface area contributed by atoms with Crippen LogP contribution in [0.25, 0.3) is 0 Å². The SMILES string of the molecule is CC1SC1=O.Cc1cccnc1. The van der Waals surface area contributed by atoms with Crippen LogP contribution < -0.4 is 0 Å². The van der Waals surface area contributed by atoms with Crippen molar-refractivity contribution in [1.82, 2.24) is 4.98 Å². The topological polar surface area (TPSA) is 30.0 Å². The highest BCUT2D eigenvalue weighted by molar-refractivity contribution is 8.25. The Morgan fingerprint density at radius 3 is 2.33 bits per heavy atom. The molecule has 3 heteroatoms. The van der Waals surface area contributed by atoms with Crippen LogP contribution in [0, 0.1) is 6.92 Å². The lowest BCUT2D eigenvalue weighted by Crippen LogP contribution is -1.69. The van der Waals surface area contributed by atoms with Crippen LogP contribution in [-0.4, -0.2) is 15.3 Å². The van der Waals surface area contributed by atoms with Crippen molar-refractivity contribution in [2.75, 3.05) is 0 Å². The van der Waals surface area contributed by atoms with Gasteiger partial charge >= 0.3 is 0 Å². The third kappa shape index (κ3) is 3.53. The van der Waals surface area contributed by atoms with E-state index in [-0.39, 0.29) is 0 Å². The van der Waals surface area contributed by atoms with Gasteiger partial charge in [0.2, 0.25) is 5.12 Å². The third-order valence-corrected chi connectivity index (χ3v) is 2.28. The summed E-state index contributed by atoms with van der Waals surface area (Å²) in [5.41, 5.74) is 1.21. The smallest absolute Gasteiger partial charge is 0.202 e. The van der Waals surface area contributed by atoms with Gasteiger partial charge in [-0.15, -0.1) is 0 Å². The van der Waals surface area contributed by atoms with E-state index in [1.807, 2.05) is 32.2 Å². The zero-order valence-electron chi connectivity index (χ0n) is 7.15. The second-order valence-corrected chi connectivity index (χ2v) is 3.95. The van der Waals surface area contributed by atoms with E-state index < -0.39 is 0 Å². The predicted molar refractivity (Wildman–Crippen MR) is 51.0 cm³/mol. The minimum atomic E-state index is 0.329. The molecule has 0 bridgehead atoms. The highest BCUT2D eigenvalue weighted by atomic mass is 32.2. The lowest BCUT2D eigenvalue weighted by atomic mass is 10.3. The number of pyridine rings is 1. The average Bonchev–Trinajstić information content (AvgIpc) is 2.67. The second-order valence-electron chi connectivity index (χ2n) is 2.61. The molecule has 0 amide bonds. The van der Waals surface area contributed by atoms with Gasteiger partial charge in [-0.05, 0) is 25.5 Å². The predicted octanol–water partition coefficient (Wildman–Crippen LogP) is 2.04. The van der Waals surface area contributed by atoms with Crippen LogP contribution in [0.4, 0.5) is 0 Å². The fourth-order valence-corrected chi connectivity index (χ4v) is 0.869. The Bertz CT molecular complexity index is 260. The molecule has 1 unspecified atom stereocenters. The van der Waals surface area contributed by atoms with Crippen LogP contribution in [-0.2, 0) is 4.79 Å². The highest BCUT2D eigenvalue weighted by Crippen LogP contribution is 2.31. The standard InChI is InChI=1S/C6H7N.C3H4OS/c1-6-3-2-4-7-5-6;1-2-3(4)5-2/h2-5H,1H3;2H,1H3. The molecular weight excluding hydrogens is 170 g/mol. The Morgan fingerprint density at radius 1 is 1.58 bits per heavy atom. The minimum absolute atomic E-state index is 0.329. The average molecular weight is 181 g/mol. The zero-order valence-corrected chi connectivity index (χ0v) is 7.97. The number of hydrogen-bond acceptors (Lipinski definition) is 3. The summed E-state index contributed by atoms with van der Waals surface area (Å²) in [7, 11) is 0. The van der Waals surface area contributed by atoms with E-state index in [9.17, 15) is 4.79 Å². The molecule has 0 aromatic carbocycles. The van der Waals surface area contributed by atoms with Gasteiger partial charge in [0.15, 0.2) is 0 Å². The van der Waals surface area contributed by atoms with Gasteiger partial charge in [0.25, 0.3) is 0 Å². The van der Waals surface area contributed by atoms with E-state index in [1.165, 1.54) is 17.3 Å².